The molecule has 3 unspecified atom stereocenters. The highest BCUT2D eigenvalue weighted by atomic mass is 16.4. The van der Waals surface area contributed by atoms with Crippen LogP contribution < -0.4 is 0 Å². The van der Waals surface area contributed by atoms with Crippen LogP contribution >= 0.6 is 0 Å². The molecule has 3 heterocycles. The zero-order valence-electron chi connectivity index (χ0n) is 12.2. The van der Waals surface area contributed by atoms with Crippen molar-refractivity contribution in [3.05, 3.63) is 47.7 Å². The highest BCUT2D eigenvalue weighted by Crippen LogP contribution is 2.55. The number of carboxylic acids is 1. The molecular formula is C18H18N2O2. The summed E-state index contributed by atoms with van der Waals surface area (Å²) in [4.78, 5) is 18.0. The molecule has 2 N–H and O–H groups in total. The van der Waals surface area contributed by atoms with Crippen LogP contribution in [0.15, 0.2) is 36.4 Å². The molecule has 2 aliphatic heterocycles. The van der Waals surface area contributed by atoms with E-state index >= 15 is 0 Å². The zero-order chi connectivity index (χ0) is 14.9. The minimum absolute atomic E-state index is 0.0591. The molecule has 1 saturated heterocycles. The van der Waals surface area contributed by atoms with E-state index < -0.39 is 11.4 Å². The second-order valence-electron chi connectivity index (χ2n) is 6.88. The lowest BCUT2D eigenvalue weighted by molar-refractivity contribution is -0.153. The number of carbonyl (C=O) groups is 1. The van der Waals surface area contributed by atoms with Gasteiger partial charge in [0.1, 0.15) is 5.41 Å². The van der Waals surface area contributed by atoms with Gasteiger partial charge in [-0.2, -0.15) is 0 Å². The SMILES string of the molecule is O=C(O)C12C=CC(CN3CCc4c([nH]c5ccccc45)C31)C2. The van der Waals surface area contributed by atoms with Gasteiger partial charge in [0, 0.05) is 29.7 Å². The Kier molecular flexibility index (Phi) is 2.28. The van der Waals surface area contributed by atoms with E-state index in [1.54, 1.807) is 0 Å². The van der Waals surface area contributed by atoms with Gasteiger partial charge in [0.15, 0.2) is 0 Å². The summed E-state index contributed by atoms with van der Waals surface area (Å²) in [5.74, 6) is -0.300. The molecule has 0 spiro atoms. The number of hydrogen-bond donors (Lipinski definition) is 2. The molecule has 5 rings (SSSR count). The lowest BCUT2D eigenvalue weighted by Gasteiger charge is -2.47. The second-order valence-corrected chi connectivity index (χ2v) is 6.88. The molecule has 22 heavy (non-hydrogen) atoms. The summed E-state index contributed by atoms with van der Waals surface area (Å²) < 4.78 is 0. The van der Waals surface area contributed by atoms with E-state index in [4.69, 9.17) is 0 Å². The fraction of sp³-hybridized carbons (Fsp3) is 0.389. The van der Waals surface area contributed by atoms with Gasteiger partial charge < -0.3 is 10.1 Å². The van der Waals surface area contributed by atoms with Crippen molar-refractivity contribution in [2.24, 2.45) is 11.3 Å². The van der Waals surface area contributed by atoms with Crippen LogP contribution in [0.4, 0.5) is 0 Å². The second kappa shape index (κ2) is 4.02. The summed E-state index contributed by atoms with van der Waals surface area (Å²) in [5.41, 5.74) is 2.80. The highest BCUT2D eigenvalue weighted by Gasteiger charge is 2.56. The number of rotatable bonds is 1. The van der Waals surface area contributed by atoms with Crippen LogP contribution in [0.3, 0.4) is 0 Å². The average Bonchev–Trinajstić information content (AvgIpc) is 3.06. The van der Waals surface area contributed by atoms with Crippen LogP contribution in [-0.4, -0.2) is 34.0 Å². The Bertz CT molecular complexity index is 822. The van der Waals surface area contributed by atoms with Gasteiger partial charge in [-0.3, -0.25) is 9.69 Å². The summed E-state index contributed by atoms with van der Waals surface area (Å²) in [5, 5.41) is 11.2. The molecule has 4 heteroatoms. The Morgan fingerprint density at radius 2 is 2.23 bits per heavy atom. The van der Waals surface area contributed by atoms with E-state index in [9.17, 15) is 9.90 Å². The lowest BCUT2D eigenvalue weighted by Crippen LogP contribution is -2.52. The van der Waals surface area contributed by atoms with Crippen LogP contribution in [0, 0.1) is 11.3 Å². The molecule has 1 aromatic carbocycles. The predicted octanol–water partition coefficient (Wildman–Crippen LogP) is 2.73. The molecule has 0 amide bonds. The normalized spacial score (nSPS) is 32.9. The van der Waals surface area contributed by atoms with Crippen molar-refractivity contribution < 1.29 is 9.90 Å². The van der Waals surface area contributed by atoms with Gasteiger partial charge in [-0.1, -0.05) is 30.4 Å². The number of nitrogens with zero attached hydrogens (tertiary/aromatic N) is 1. The van der Waals surface area contributed by atoms with Crippen molar-refractivity contribution in [1.29, 1.82) is 0 Å². The fourth-order valence-corrected chi connectivity index (χ4v) is 4.85. The van der Waals surface area contributed by atoms with Gasteiger partial charge in [0.2, 0.25) is 0 Å². The fourth-order valence-electron chi connectivity index (χ4n) is 4.85. The molecular weight excluding hydrogens is 276 g/mol. The first-order valence-corrected chi connectivity index (χ1v) is 7.95. The number of aromatic amines is 1. The number of fused-ring (bicyclic) bond motifs is 8. The Morgan fingerprint density at radius 1 is 1.36 bits per heavy atom. The van der Waals surface area contributed by atoms with Gasteiger partial charge in [0.05, 0.1) is 6.04 Å². The van der Waals surface area contributed by atoms with Gasteiger partial charge in [-0.25, -0.2) is 0 Å². The van der Waals surface area contributed by atoms with Crippen LogP contribution in [0.5, 0.6) is 0 Å². The molecule has 2 aromatic rings. The first-order valence-electron chi connectivity index (χ1n) is 7.95. The number of nitrogens with one attached hydrogen (secondary N) is 1. The summed E-state index contributed by atoms with van der Waals surface area (Å²) in [6.07, 6.45) is 5.82. The molecule has 1 aliphatic carbocycles. The molecule has 3 atom stereocenters. The molecule has 2 bridgehead atoms. The minimum Gasteiger partial charge on any atom is -0.481 e. The third-order valence-corrected chi connectivity index (χ3v) is 5.76. The zero-order valence-corrected chi connectivity index (χ0v) is 12.2. The summed E-state index contributed by atoms with van der Waals surface area (Å²) in [6.45, 7) is 1.93. The summed E-state index contributed by atoms with van der Waals surface area (Å²) in [7, 11) is 0. The topological polar surface area (TPSA) is 56.3 Å². The number of benzene rings is 1. The first kappa shape index (κ1) is 12.5. The van der Waals surface area contributed by atoms with E-state index in [1.807, 2.05) is 12.1 Å². The third kappa shape index (κ3) is 1.38. The quantitative estimate of drug-likeness (QED) is 0.795. The van der Waals surface area contributed by atoms with Crippen LogP contribution in [0.25, 0.3) is 10.9 Å². The highest BCUT2D eigenvalue weighted by molar-refractivity contribution is 5.86. The summed E-state index contributed by atoms with van der Waals surface area (Å²) in [6, 6.07) is 8.26. The summed E-state index contributed by atoms with van der Waals surface area (Å²) >= 11 is 0. The van der Waals surface area contributed by atoms with Crippen molar-refractivity contribution >= 4 is 16.9 Å². The lowest BCUT2D eigenvalue weighted by atomic mass is 9.71. The average molecular weight is 294 g/mol. The van der Waals surface area contributed by atoms with Gasteiger partial charge >= 0.3 is 5.97 Å². The smallest absolute Gasteiger partial charge is 0.315 e. The van der Waals surface area contributed by atoms with Gasteiger partial charge in [-0.15, -0.1) is 0 Å². The van der Waals surface area contributed by atoms with Crippen LogP contribution in [0.2, 0.25) is 0 Å². The minimum atomic E-state index is -0.765. The Hall–Kier alpha value is -2.07. The molecule has 1 aromatic heterocycles. The van der Waals surface area contributed by atoms with Gasteiger partial charge in [0.25, 0.3) is 0 Å². The van der Waals surface area contributed by atoms with Crippen molar-refractivity contribution in [2.75, 3.05) is 13.1 Å². The molecule has 0 saturated carbocycles. The molecule has 0 radical (unpaired) electrons. The maximum absolute atomic E-state index is 12.1. The Labute approximate surface area is 128 Å². The molecule has 4 nitrogen and oxygen atoms in total. The Balaban J connectivity index is 1.76. The van der Waals surface area contributed by atoms with Crippen LogP contribution in [-0.2, 0) is 11.2 Å². The maximum Gasteiger partial charge on any atom is 0.315 e. The number of H-pyrrole nitrogens is 1. The largest absolute Gasteiger partial charge is 0.481 e. The van der Waals surface area contributed by atoms with E-state index in [1.165, 1.54) is 10.9 Å². The van der Waals surface area contributed by atoms with Crippen LogP contribution in [0.1, 0.15) is 23.7 Å². The molecule has 3 aliphatic rings. The number of piperidine rings is 1. The monoisotopic (exact) mass is 294 g/mol. The number of aromatic nitrogens is 1. The maximum atomic E-state index is 12.1. The standard InChI is InChI=1S/C18H18N2O2/c21-17(22)18-7-5-11(9-18)10-20-8-6-13-12-3-1-2-4-14(12)19-15(13)16(18)20/h1-5,7,11,16,19H,6,8-10H2,(H,21,22). The van der Waals surface area contributed by atoms with E-state index in [-0.39, 0.29) is 6.04 Å². The number of para-hydroxylation sites is 1. The Morgan fingerprint density at radius 3 is 3.09 bits per heavy atom. The van der Waals surface area contributed by atoms with E-state index in [0.717, 1.165) is 37.1 Å². The number of hydrogen-bond acceptors (Lipinski definition) is 2. The van der Waals surface area contributed by atoms with Crippen molar-refractivity contribution in [2.45, 2.75) is 18.9 Å². The molecule has 112 valence electrons. The number of carboxylic acid groups (broad SMARTS) is 1. The van der Waals surface area contributed by atoms with E-state index in [0.29, 0.717) is 5.92 Å². The number of aliphatic carboxylic acids is 1. The van der Waals surface area contributed by atoms with Crippen molar-refractivity contribution in [3.8, 4) is 0 Å². The first-order chi connectivity index (χ1) is 10.7. The molecule has 1 fully saturated rings. The third-order valence-electron chi connectivity index (χ3n) is 5.76. The predicted molar refractivity (Wildman–Crippen MR) is 83.6 cm³/mol. The van der Waals surface area contributed by atoms with Gasteiger partial charge in [-0.05, 0) is 30.4 Å². The van der Waals surface area contributed by atoms with Crippen molar-refractivity contribution in [1.82, 2.24) is 9.88 Å². The van der Waals surface area contributed by atoms with E-state index in [2.05, 4.69) is 34.2 Å². The van der Waals surface area contributed by atoms with Crippen molar-refractivity contribution in [3.63, 3.8) is 0 Å².